The van der Waals surface area contributed by atoms with Gasteiger partial charge < -0.3 is 15.5 Å². The number of amides is 3. The molecule has 3 amide bonds. The Morgan fingerprint density at radius 2 is 1.52 bits per heavy atom. The molecule has 2 rings (SSSR count). The minimum atomic E-state index is -0.570. The number of nitrogens with zero attached hydrogens (tertiary/aromatic N) is 1. The summed E-state index contributed by atoms with van der Waals surface area (Å²) in [5.41, 5.74) is 2.65. The second kappa shape index (κ2) is 8.33. The van der Waals surface area contributed by atoms with E-state index in [9.17, 15) is 9.59 Å². The fourth-order valence-corrected chi connectivity index (χ4v) is 2.55. The standard InChI is InChI=1S/C20H25N3O2/c1-14(2)18(19(24)23(3)4)22-20(25)21-17-13-9-8-12-16(17)15-10-6-5-7-11-15/h5-14,18H,1-4H3,(H2,21,22,25)/t18-/m1/s1. The van der Waals surface area contributed by atoms with Gasteiger partial charge in [0, 0.05) is 19.7 Å². The zero-order chi connectivity index (χ0) is 18.4. The van der Waals surface area contributed by atoms with Gasteiger partial charge in [-0.3, -0.25) is 4.79 Å². The van der Waals surface area contributed by atoms with Crippen LogP contribution >= 0.6 is 0 Å². The zero-order valence-corrected chi connectivity index (χ0v) is 15.1. The first-order valence-corrected chi connectivity index (χ1v) is 8.33. The molecule has 2 aromatic carbocycles. The number of urea groups is 1. The molecule has 0 aliphatic heterocycles. The van der Waals surface area contributed by atoms with Crippen molar-refractivity contribution in [3.8, 4) is 11.1 Å². The molecule has 0 radical (unpaired) electrons. The normalized spacial score (nSPS) is 11.7. The molecule has 5 heteroatoms. The molecule has 0 spiro atoms. The van der Waals surface area contributed by atoms with Gasteiger partial charge in [0.15, 0.2) is 0 Å². The molecule has 0 bridgehead atoms. The molecular formula is C20H25N3O2. The van der Waals surface area contributed by atoms with Crippen molar-refractivity contribution in [2.75, 3.05) is 19.4 Å². The fourth-order valence-electron chi connectivity index (χ4n) is 2.55. The van der Waals surface area contributed by atoms with Crippen LogP contribution in [0.25, 0.3) is 11.1 Å². The minimum Gasteiger partial charge on any atom is -0.347 e. The minimum absolute atomic E-state index is 0.00924. The van der Waals surface area contributed by atoms with E-state index in [-0.39, 0.29) is 11.8 Å². The highest BCUT2D eigenvalue weighted by molar-refractivity contribution is 5.97. The SMILES string of the molecule is CC(C)[C@@H](NC(=O)Nc1ccccc1-c1ccccc1)C(=O)N(C)C. The van der Waals surface area contributed by atoms with Crippen LogP contribution in [-0.2, 0) is 4.79 Å². The molecular weight excluding hydrogens is 314 g/mol. The summed E-state index contributed by atoms with van der Waals surface area (Å²) in [6, 6.07) is 16.5. The number of carbonyl (C=O) groups excluding carboxylic acids is 2. The van der Waals surface area contributed by atoms with Crippen molar-refractivity contribution < 1.29 is 9.59 Å². The van der Waals surface area contributed by atoms with E-state index in [2.05, 4.69) is 10.6 Å². The van der Waals surface area contributed by atoms with Gasteiger partial charge in [0.2, 0.25) is 5.91 Å². The molecule has 0 aliphatic rings. The molecule has 1 atom stereocenters. The number of carbonyl (C=O) groups is 2. The Labute approximate surface area is 149 Å². The first-order valence-electron chi connectivity index (χ1n) is 8.33. The summed E-state index contributed by atoms with van der Waals surface area (Å²) in [5, 5.41) is 5.65. The van der Waals surface area contributed by atoms with Crippen LogP contribution in [0.1, 0.15) is 13.8 Å². The molecule has 5 nitrogen and oxygen atoms in total. The second-order valence-corrected chi connectivity index (χ2v) is 6.46. The summed E-state index contributed by atoms with van der Waals surface area (Å²) >= 11 is 0. The van der Waals surface area contributed by atoms with Crippen molar-refractivity contribution in [2.24, 2.45) is 5.92 Å². The monoisotopic (exact) mass is 339 g/mol. The van der Waals surface area contributed by atoms with Crippen LogP contribution in [0.5, 0.6) is 0 Å². The Morgan fingerprint density at radius 1 is 0.920 bits per heavy atom. The summed E-state index contributed by atoms with van der Waals surface area (Å²) in [4.78, 5) is 26.2. The summed E-state index contributed by atoms with van der Waals surface area (Å²) in [6.07, 6.45) is 0. The first-order chi connectivity index (χ1) is 11.9. The van der Waals surface area contributed by atoms with E-state index in [1.807, 2.05) is 68.4 Å². The Balaban J connectivity index is 2.17. The molecule has 0 aromatic heterocycles. The van der Waals surface area contributed by atoms with Gasteiger partial charge >= 0.3 is 6.03 Å². The summed E-state index contributed by atoms with van der Waals surface area (Å²) in [5.74, 6) is -0.133. The molecule has 0 fully saturated rings. The Hall–Kier alpha value is -2.82. The van der Waals surface area contributed by atoms with Crippen molar-refractivity contribution in [3.63, 3.8) is 0 Å². The number of rotatable bonds is 5. The molecule has 0 aliphatic carbocycles. The topological polar surface area (TPSA) is 61.4 Å². The number of benzene rings is 2. The lowest BCUT2D eigenvalue weighted by Gasteiger charge is -2.25. The number of para-hydroxylation sites is 1. The van der Waals surface area contributed by atoms with Gasteiger partial charge in [0.25, 0.3) is 0 Å². The van der Waals surface area contributed by atoms with E-state index in [1.165, 1.54) is 4.90 Å². The van der Waals surface area contributed by atoms with Crippen LogP contribution in [0.2, 0.25) is 0 Å². The van der Waals surface area contributed by atoms with Crippen molar-refractivity contribution in [3.05, 3.63) is 54.6 Å². The number of hydrogen-bond acceptors (Lipinski definition) is 2. The van der Waals surface area contributed by atoms with Crippen LogP contribution in [0.15, 0.2) is 54.6 Å². The third-order valence-electron chi connectivity index (χ3n) is 3.92. The largest absolute Gasteiger partial charge is 0.347 e. The smallest absolute Gasteiger partial charge is 0.319 e. The highest BCUT2D eigenvalue weighted by Gasteiger charge is 2.25. The van der Waals surface area contributed by atoms with E-state index < -0.39 is 12.1 Å². The number of anilines is 1. The number of likely N-dealkylation sites (N-methyl/N-ethyl adjacent to an activating group) is 1. The van der Waals surface area contributed by atoms with Gasteiger partial charge in [-0.15, -0.1) is 0 Å². The quantitative estimate of drug-likeness (QED) is 0.874. The third kappa shape index (κ3) is 4.83. The van der Waals surface area contributed by atoms with Crippen molar-refractivity contribution >= 4 is 17.6 Å². The second-order valence-electron chi connectivity index (χ2n) is 6.46. The van der Waals surface area contributed by atoms with Gasteiger partial charge in [-0.25, -0.2) is 4.79 Å². The van der Waals surface area contributed by atoms with Gasteiger partial charge in [0.1, 0.15) is 6.04 Å². The highest BCUT2D eigenvalue weighted by atomic mass is 16.2. The molecule has 25 heavy (non-hydrogen) atoms. The van der Waals surface area contributed by atoms with Crippen LogP contribution < -0.4 is 10.6 Å². The zero-order valence-electron chi connectivity index (χ0n) is 15.1. The Kier molecular flexibility index (Phi) is 6.17. The predicted octanol–water partition coefficient (Wildman–Crippen LogP) is 3.59. The van der Waals surface area contributed by atoms with E-state index in [1.54, 1.807) is 14.1 Å². The van der Waals surface area contributed by atoms with Crippen molar-refractivity contribution in [1.82, 2.24) is 10.2 Å². The lowest BCUT2D eigenvalue weighted by atomic mass is 10.0. The average Bonchev–Trinajstić information content (AvgIpc) is 2.60. The van der Waals surface area contributed by atoms with Gasteiger partial charge in [-0.2, -0.15) is 0 Å². The van der Waals surface area contributed by atoms with Gasteiger partial charge in [0.05, 0.1) is 5.69 Å². The maximum atomic E-state index is 12.4. The summed E-state index contributed by atoms with van der Waals surface area (Å²) < 4.78 is 0. The number of nitrogens with one attached hydrogen (secondary N) is 2. The van der Waals surface area contributed by atoms with Crippen LogP contribution in [0, 0.1) is 5.92 Å². The van der Waals surface area contributed by atoms with E-state index in [0.29, 0.717) is 5.69 Å². The van der Waals surface area contributed by atoms with Crippen molar-refractivity contribution in [1.29, 1.82) is 0 Å². The van der Waals surface area contributed by atoms with E-state index in [0.717, 1.165) is 11.1 Å². The van der Waals surface area contributed by atoms with Gasteiger partial charge in [-0.1, -0.05) is 62.4 Å². The van der Waals surface area contributed by atoms with Crippen LogP contribution in [0.3, 0.4) is 0 Å². The Morgan fingerprint density at radius 3 is 2.12 bits per heavy atom. The maximum Gasteiger partial charge on any atom is 0.319 e. The lowest BCUT2D eigenvalue weighted by molar-refractivity contribution is -0.131. The molecule has 0 saturated heterocycles. The third-order valence-corrected chi connectivity index (χ3v) is 3.92. The van der Waals surface area contributed by atoms with Crippen molar-refractivity contribution in [2.45, 2.75) is 19.9 Å². The van der Waals surface area contributed by atoms with Gasteiger partial charge in [-0.05, 0) is 17.5 Å². The van der Waals surface area contributed by atoms with E-state index >= 15 is 0 Å². The maximum absolute atomic E-state index is 12.4. The average molecular weight is 339 g/mol. The van der Waals surface area contributed by atoms with Crippen LogP contribution in [-0.4, -0.2) is 37.0 Å². The fraction of sp³-hybridized carbons (Fsp3) is 0.300. The summed E-state index contributed by atoms with van der Waals surface area (Å²) in [7, 11) is 3.37. The lowest BCUT2D eigenvalue weighted by Crippen LogP contribution is -2.50. The first kappa shape index (κ1) is 18.5. The molecule has 132 valence electrons. The highest BCUT2D eigenvalue weighted by Crippen LogP contribution is 2.27. The van der Waals surface area contributed by atoms with Crippen LogP contribution in [0.4, 0.5) is 10.5 Å². The summed E-state index contributed by atoms with van der Waals surface area (Å²) in [6.45, 7) is 3.81. The molecule has 0 heterocycles. The molecule has 0 saturated carbocycles. The molecule has 2 N–H and O–H groups in total. The number of hydrogen-bond donors (Lipinski definition) is 2. The Bertz CT molecular complexity index is 727. The van der Waals surface area contributed by atoms with E-state index in [4.69, 9.17) is 0 Å². The predicted molar refractivity (Wildman–Crippen MR) is 101 cm³/mol. The molecule has 0 unspecified atom stereocenters. The molecule has 2 aromatic rings.